The predicted molar refractivity (Wildman–Crippen MR) is 133 cm³/mol. The van der Waals surface area contributed by atoms with Crippen LogP contribution in [0.4, 0.5) is 0 Å². The van der Waals surface area contributed by atoms with Crippen molar-refractivity contribution >= 4 is 12.3 Å². The molecule has 4 aliphatic carbocycles. The number of carbonyl (C=O) groups excluding carboxylic acids is 2. The molecular weight excluding hydrogens is 492 g/mol. The maximum Gasteiger partial charge on any atom is 0.306 e. The molecule has 214 valence electrons. The zero-order chi connectivity index (χ0) is 27.1. The first-order chi connectivity index (χ1) is 18.0. The van der Waals surface area contributed by atoms with Gasteiger partial charge in [0.05, 0.1) is 48.0 Å². The molecule has 2 saturated heterocycles. The van der Waals surface area contributed by atoms with E-state index in [9.17, 15) is 30.0 Å². The topological polar surface area (TPSA) is 143 Å². The molecule has 0 amide bonds. The van der Waals surface area contributed by atoms with Crippen LogP contribution in [0, 0.1) is 34.5 Å². The number of hydrogen-bond acceptors (Lipinski definition) is 9. The van der Waals surface area contributed by atoms with Crippen LogP contribution in [0.5, 0.6) is 0 Å². The molecule has 2 aliphatic heterocycles. The lowest BCUT2D eigenvalue weighted by Gasteiger charge is -2.65. The van der Waals surface area contributed by atoms with Gasteiger partial charge in [0, 0.05) is 18.8 Å². The van der Waals surface area contributed by atoms with Crippen LogP contribution in [-0.2, 0) is 23.8 Å². The van der Waals surface area contributed by atoms with Crippen LogP contribution in [0.2, 0.25) is 0 Å². The maximum atomic E-state index is 13.0. The molecule has 13 atom stereocenters. The number of rotatable bonds is 4. The van der Waals surface area contributed by atoms with E-state index in [4.69, 9.17) is 14.2 Å². The fraction of sp³-hybridized carbons (Fsp3) is 0.931. The van der Waals surface area contributed by atoms with Gasteiger partial charge in [-0.05, 0) is 81.5 Å². The summed E-state index contributed by atoms with van der Waals surface area (Å²) >= 11 is 0. The minimum absolute atomic E-state index is 0.0774. The molecule has 0 bridgehead atoms. The zero-order valence-electron chi connectivity index (χ0n) is 22.6. The van der Waals surface area contributed by atoms with Crippen molar-refractivity contribution in [2.45, 2.75) is 126 Å². The van der Waals surface area contributed by atoms with E-state index in [0.29, 0.717) is 51.6 Å². The molecular formula is C29H44O9. The first-order valence-electron chi connectivity index (χ1n) is 14.7. The van der Waals surface area contributed by atoms with Crippen LogP contribution in [0.25, 0.3) is 0 Å². The van der Waals surface area contributed by atoms with Crippen LogP contribution >= 0.6 is 0 Å². The normalized spacial score (nSPS) is 56.5. The smallest absolute Gasteiger partial charge is 0.306 e. The van der Waals surface area contributed by atoms with Crippen LogP contribution < -0.4 is 0 Å². The van der Waals surface area contributed by atoms with Gasteiger partial charge in [0.2, 0.25) is 0 Å². The van der Waals surface area contributed by atoms with Crippen molar-refractivity contribution in [2.24, 2.45) is 34.5 Å². The molecule has 6 rings (SSSR count). The van der Waals surface area contributed by atoms with Gasteiger partial charge in [0.15, 0.2) is 6.29 Å². The second-order valence-corrected chi connectivity index (χ2v) is 13.7. The summed E-state index contributed by atoms with van der Waals surface area (Å²) in [5.41, 5.74) is -3.44. The number of aldehydes is 1. The number of aliphatic hydroxyl groups excluding tert-OH is 2. The van der Waals surface area contributed by atoms with Gasteiger partial charge in [-0.15, -0.1) is 0 Å². The third kappa shape index (κ3) is 3.72. The van der Waals surface area contributed by atoms with E-state index in [2.05, 4.69) is 6.92 Å². The van der Waals surface area contributed by atoms with Crippen molar-refractivity contribution < 1.29 is 44.2 Å². The third-order valence-electron chi connectivity index (χ3n) is 12.2. The molecule has 0 aromatic rings. The molecule has 9 nitrogen and oxygen atoms in total. The molecule has 6 aliphatic rings. The molecule has 38 heavy (non-hydrogen) atoms. The number of carbonyl (C=O) groups is 2. The molecule has 9 heteroatoms. The number of cyclic esters (lactones) is 1. The van der Waals surface area contributed by atoms with E-state index in [-0.39, 0.29) is 47.6 Å². The van der Waals surface area contributed by atoms with Gasteiger partial charge in [-0.2, -0.15) is 0 Å². The Morgan fingerprint density at radius 3 is 2.42 bits per heavy atom. The average Bonchev–Trinajstić information content (AvgIpc) is 3.41. The van der Waals surface area contributed by atoms with Gasteiger partial charge in [0.25, 0.3) is 0 Å². The summed E-state index contributed by atoms with van der Waals surface area (Å²) in [7, 11) is 0. The van der Waals surface area contributed by atoms with Crippen molar-refractivity contribution in [3.05, 3.63) is 0 Å². The third-order valence-corrected chi connectivity index (χ3v) is 12.2. The molecule has 0 aromatic carbocycles. The van der Waals surface area contributed by atoms with Gasteiger partial charge >= 0.3 is 5.97 Å². The fourth-order valence-corrected chi connectivity index (χ4v) is 10.2. The van der Waals surface area contributed by atoms with Crippen LogP contribution in [0.15, 0.2) is 0 Å². The second-order valence-electron chi connectivity index (χ2n) is 13.7. The van der Waals surface area contributed by atoms with Crippen molar-refractivity contribution in [1.29, 1.82) is 0 Å². The molecule has 0 aromatic heterocycles. The summed E-state index contributed by atoms with van der Waals surface area (Å²) in [6.45, 7) is 4.31. The van der Waals surface area contributed by atoms with Gasteiger partial charge in [-0.1, -0.05) is 6.92 Å². The highest BCUT2D eigenvalue weighted by Crippen LogP contribution is 2.70. The van der Waals surface area contributed by atoms with Crippen LogP contribution in [0.3, 0.4) is 0 Å². The lowest BCUT2D eigenvalue weighted by Crippen LogP contribution is -2.69. The fourth-order valence-electron chi connectivity index (χ4n) is 10.2. The number of ether oxygens (including phenoxy) is 3. The Morgan fingerprint density at radius 2 is 1.74 bits per heavy atom. The minimum atomic E-state index is -1.23. The highest BCUT2D eigenvalue weighted by molar-refractivity contribution is 5.71. The highest BCUT2D eigenvalue weighted by Gasteiger charge is 2.72. The van der Waals surface area contributed by atoms with E-state index >= 15 is 0 Å². The Kier molecular flexibility index (Phi) is 6.57. The lowest BCUT2D eigenvalue weighted by atomic mass is 9.41. The molecule has 0 unspecified atom stereocenters. The SMILES string of the molecule is C[C@H]1O[C@@H](O[C@H]2CC[C@]3(C=O)[C@H]4CC[C@]5(C)[C@@H]([C@@H]6COC(=O)C6)CC[C@]5(O)[C@@H]4CC[C@]3(O)C2)C[C@H](O)[C@@H]1O. The number of esters is 1. The average molecular weight is 537 g/mol. The molecule has 0 spiro atoms. The predicted octanol–water partition coefficient (Wildman–Crippen LogP) is 1.86. The number of aliphatic hydroxyl groups is 4. The summed E-state index contributed by atoms with van der Waals surface area (Å²) in [4.78, 5) is 24.8. The largest absolute Gasteiger partial charge is 0.465 e. The molecule has 6 fully saturated rings. The first kappa shape index (κ1) is 27.1. The summed E-state index contributed by atoms with van der Waals surface area (Å²) in [5.74, 6) is 0.00903. The van der Waals surface area contributed by atoms with E-state index in [1.807, 2.05) is 0 Å². The standard InChI is InChI=1S/C29H44O9/c1-16-25(33)22(31)12-24(37-16)38-18-3-8-27(15-30)20-4-7-26(2)19(17-11-23(32)36-14-17)6-10-29(26,35)21(20)5-9-28(27,34)13-18/h15-22,24-25,31,33-35H,3-14H2,1-2H3/t16-,17+,18+,19-,20+,21-,22+,24+,25-,26-,27+,28+,29+/m1/s1. The number of fused-ring (bicyclic) bond motifs is 5. The molecule has 0 radical (unpaired) electrons. The number of hydrogen-bond donors (Lipinski definition) is 4. The Morgan fingerprint density at radius 1 is 1.00 bits per heavy atom. The van der Waals surface area contributed by atoms with Crippen molar-refractivity contribution in [1.82, 2.24) is 0 Å². The van der Waals surface area contributed by atoms with Crippen LogP contribution in [0.1, 0.15) is 84.5 Å². The Balaban J connectivity index is 1.21. The van der Waals surface area contributed by atoms with Gasteiger partial charge < -0.3 is 39.4 Å². The Hall–Kier alpha value is -1.10. The molecule has 4 saturated carbocycles. The van der Waals surface area contributed by atoms with Crippen LogP contribution in [-0.4, -0.2) is 81.2 Å². The summed E-state index contributed by atoms with van der Waals surface area (Å²) in [6.07, 6.45) is 3.61. The zero-order valence-corrected chi connectivity index (χ0v) is 22.6. The Labute approximate surface area is 224 Å². The van der Waals surface area contributed by atoms with Crippen molar-refractivity contribution in [3.63, 3.8) is 0 Å². The van der Waals surface area contributed by atoms with Crippen molar-refractivity contribution in [3.8, 4) is 0 Å². The molecule has 2 heterocycles. The highest BCUT2D eigenvalue weighted by atomic mass is 16.7. The minimum Gasteiger partial charge on any atom is -0.465 e. The summed E-state index contributed by atoms with van der Waals surface area (Å²) < 4.78 is 17.2. The van der Waals surface area contributed by atoms with E-state index in [1.54, 1.807) is 6.92 Å². The van der Waals surface area contributed by atoms with Gasteiger partial charge in [0.1, 0.15) is 12.4 Å². The maximum absolute atomic E-state index is 13.0. The quantitative estimate of drug-likeness (QED) is 0.240. The van der Waals surface area contributed by atoms with Crippen molar-refractivity contribution in [2.75, 3.05) is 6.61 Å². The summed E-state index contributed by atoms with van der Waals surface area (Å²) in [5, 5.41) is 44.6. The lowest BCUT2D eigenvalue weighted by molar-refractivity contribution is -0.286. The van der Waals surface area contributed by atoms with E-state index in [1.165, 1.54) is 0 Å². The second kappa shape index (κ2) is 9.21. The van der Waals surface area contributed by atoms with E-state index in [0.717, 1.165) is 25.5 Å². The van der Waals surface area contributed by atoms with E-state index < -0.39 is 41.2 Å². The molecule has 4 N–H and O–H groups in total. The monoisotopic (exact) mass is 536 g/mol. The Bertz CT molecular complexity index is 946. The van der Waals surface area contributed by atoms with Gasteiger partial charge in [-0.3, -0.25) is 4.79 Å². The van der Waals surface area contributed by atoms with Gasteiger partial charge in [-0.25, -0.2) is 0 Å². The first-order valence-corrected chi connectivity index (χ1v) is 14.7. The summed E-state index contributed by atoms with van der Waals surface area (Å²) in [6, 6.07) is 0.